The Morgan fingerprint density at radius 3 is 2.29 bits per heavy atom. The third-order valence-corrected chi connectivity index (χ3v) is 1.91. The molecule has 0 aliphatic carbocycles. The van der Waals surface area contributed by atoms with Crippen LogP contribution in [-0.2, 0) is 0 Å². The summed E-state index contributed by atoms with van der Waals surface area (Å²) in [5, 5.41) is -0.577. The third-order valence-electron chi connectivity index (χ3n) is 1.52. The van der Waals surface area contributed by atoms with E-state index in [1.165, 1.54) is 0 Å². The molecule has 9 heteroatoms. The van der Waals surface area contributed by atoms with E-state index in [2.05, 4.69) is 9.47 Å². The lowest BCUT2D eigenvalue weighted by Crippen LogP contribution is -2.18. The van der Waals surface area contributed by atoms with Crippen molar-refractivity contribution in [1.29, 1.82) is 0 Å². The minimum Gasteiger partial charge on any atom is -0.429 e. The maximum atomic E-state index is 12.0. The summed E-state index contributed by atoms with van der Waals surface area (Å²) >= 11 is 5.44. The molecular weight excluding hydrogens is 273 g/mol. The van der Waals surface area contributed by atoms with Crippen LogP contribution < -0.4 is 15.2 Å². The molecule has 0 saturated heterocycles. The topological polar surface area (TPSA) is 44.5 Å². The standard InChI is InChI=1S/C8H5ClF5NO2/c9-5-3(15)1-2-4(17-8(12,13)14)6(5)16-7(10)11/h1-2,7H,15H2. The van der Waals surface area contributed by atoms with Gasteiger partial charge in [-0.1, -0.05) is 11.6 Å². The highest BCUT2D eigenvalue weighted by Crippen LogP contribution is 2.41. The van der Waals surface area contributed by atoms with Gasteiger partial charge >= 0.3 is 13.0 Å². The summed E-state index contributed by atoms with van der Waals surface area (Å²) in [5.74, 6) is -1.95. The van der Waals surface area contributed by atoms with Gasteiger partial charge in [-0.05, 0) is 12.1 Å². The molecule has 0 aliphatic rings. The first-order valence-corrected chi connectivity index (χ1v) is 4.37. The molecular formula is C8H5ClF5NO2. The van der Waals surface area contributed by atoms with Crippen molar-refractivity contribution in [3.63, 3.8) is 0 Å². The van der Waals surface area contributed by atoms with Gasteiger partial charge in [-0.3, -0.25) is 0 Å². The van der Waals surface area contributed by atoms with Crippen LogP contribution in [0.15, 0.2) is 12.1 Å². The molecule has 0 bridgehead atoms. The predicted molar refractivity (Wildman–Crippen MR) is 49.2 cm³/mol. The Morgan fingerprint density at radius 1 is 1.24 bits per heavy atom. The number of nitrogen functional groups attached to an aromatic ring is 1. The van der Waals surface area contributed by atoms with E-state index in [1.807, 2.05) is 0 Å². The molecule has 0 radical (unpaired) electrons. The molecule has 0 aliphatic heterocycles. The van der Waals surface area contributed by atoms with Crippen molar-refractivity contribution in [2.24, 2.45) is 0 Å². The van der Waals surface area contributed by atoms with Crippen molar-refractivity contribution in [1.82, 2.24) is 0 Å². The Hall–Kier alpha value is -1.44. The fourth-order valence-corrected chi connectivity index (χ4v) is 1.16. The molecule has 1 aromatic rings. The second-order valence-electron chi connectivity index (χ2n) is 2.72. The van der Waals surface area contributed by atoms with E-state index in [-0.39, 0.29) is 5.69 Å². The predicted octanol–water partition coefficient (Wildman–Crippen LogP) is 3.42. The minimum atomic E-state index is -5.06. The Kier molecular flexibility index (Phi) is 3.87. The number of alkyl halides is 5. The largest absolute Gasteiger partial charge is 0.573 e. The van der Waals surface area contributed by atoms with Crippen LogP contribution in [-0.4, -0.2) is 13.0 Å². The Labute approximate surface area is 96.9 Å². The van der Waals surface area contributed by atoms with E-state index in [0.29, 0.717) is 0 Å². The summed E-state index contributed by atoms with van der Waals surface area (Å²) in [5.41, 5.74) is 5.02. The van der Waals surface area contributed by atoms with Crippen LogP contribution >= 0.6 is 11.6 Å². The van der Waals surface area contributed by atoms with Crippen LogP contribution in [0, 0.1) is 0 Å². The highest BCUT2D eigenvalue weighted by atomic mass is 35.5. The summed E-state index contributed by atoms with van der Waals surface area (Å²) in [7, 11) is 0. The Balaban J connectivity index is 3.15. The van der Waals surface area contributed by atoms with Crippen molar-refractivity contribution >= 4 is 17.3 Å². The van der Waals surface area contributed by atoms with Gasteiger partial charge in [-0.15, -0.1) is 13.2 Å². The van der Waals surface area contributed by atoms with Gasteiger partial charge in [0.1, 0.15) is 5.02 Å². The first-order valence-electron chi connectivity index (χ1n) is 3.99. The summed E-state index contributed by atoms with van der Waals surface area (Å²) in [4.78, 5) is 0. The van der Waals surface area contributed by atoms with E-state index in [1.54, 1.807) is 0 Å². The zero-order valence-corrected chi connectivity index (χ0v) is 8.65. The van der Waals surface area contributed by atoms with Gasteiger partial charge in [0.25, 0.3) is 0 Å². The quantitative estimate of drug-likeness (QED) is 0.680. The normalized spacial score (nSPS) is 11.7. The lowest BCUT2D eigenvalue weighted by atomic mass is 10.3. The maximum absolute atomic E-state index is 12.0. The summed E-state index contributed by atoms with van der Waals surface area (Å²) in [6.45, 7) is -3.36. The van der Waals surface area contributed by atoms with Gasteiger partial charge in [-0.25, -0.2) is 0 Å². The number of nitrogens with two attached hydrogens (primary N) is 1. The number of halogens is 6. The summed E-state index contributed by atoms with van der Waals surface area (Å²) < 4.78 is 67.1. The zero-order valence-electron chi connectivity index (χ0n) is 7.89. The molecule has 1 aromatic carbocycles. The SMILES string of the molecule is Nc1ccc(OC(F)(F)F)c(OC(F)F)c1Cl. The molecule has 0 saturated carbocycles. The lowest BCUT2D eigenvalue weighted by Gasteiger charge is -2.15. The van der Waals surface area contributed by atoms with Crippen molar-refractivity contribution < 1.29 is 31.4 Å². The number of ether oxygens (including phenoxy) is 2. The molecule has 1 rings (SSSR count). The summed E-state index contributed by atoms with van der Waals surface area (Å²) in [6.07, 6.45) is -5.06. The molecule has 3 nitrogen and oxygen atoms in total. The molecule has 0 fully saturated rings. The average molecular weight is 278 g/mol. The number of rotatable bonds is 3. The third kappa shape index (κ3) is 3.81. The lowest BCUT2D eigenvalue weighted by molar-refractivity contribution is -0.275. The fourth-order valence-electron chi connectivity index (χ4n) is 0.958. The van der Waals surface area contributed by atoms with Crippen molar-refractivity contribution in [2.45, 2.75) is 13.0 Å². The molecule has 0 amide bonds. The van der Waals surface area contributed by atoms with Gasteiger partial charge in [0.05, 0.1) is 5.69 Å². The molecule has 0 spiro atoms. The second-order valence-corrected chi connectivity index (χ2v) is 3.10. The highest BCUT2D eigenvalue weighted by Gasteiger charge is 2.33. The van der Waals surface area contributed by atoms with Gasteiger partial charge in [0.2, 0.25) is 0 Å². The van der Waals surface area contributed by atoms with E-state index < -0.39 is 29.5 Å². The van der Waals surface area contributed by atoms with Crippen LogP contribution in [0.3, 0.4) is 0 Å². The van der Waals surface area contributed by atoms with Gasteiger partial charge in [-0.2, -0.15) is 8.78 Å². The van der Waals surface area contributed by atoms with Crippen molar-refractivity contribution in [3.8, 4) is 11.5 Å². The van der Waals surface area contributed by atoms with E-state index in [9.17, 15) is 22.0 Å². The van der Waals surface area contributed by atoms with Gasteiger partial charge in [0, 0.05) is 0 Å². The molecule has 0 unspecified atom stereocenters. The molecule has 0 atom stereocenters. The molecule has 0 heterocycles. The first kappa shape index (κ1) is 13.6. The van der Waals surface area contributed by atoms with Gasteiger partial charge in [0.15, 0.2) is 11.5 Å². The second kappa shape index (κ2) is 4.82. The number of benzene rings is 1. The van der Waals surface area contributed by atoms with Crippen molar-refractivity contribution in [2.75, 3.05) is 5.73 Å². The maximum Gasteiger partial charge on any atom is 0.573 e. The molecule has 17 heavy (non-hydrogen) atoms. The highest BCUT2D eigenvalue weighted by molar-refractivity contribution is 6.34. The Morgan fingerprint density at radius 2 is 1.82 bits per heavy atom. The fraction of sp³-hybridized carbons (Fsp3) is 0.250. The molecule has 0 aromatic heterocycles. The first-order chi connectivity index (χ1) is 7.70. The van der Waals surface area contributed by atoms with Gasteiger partial charge < -0.3 is 15.2 Å². The smallest absolute Gasteiger partial charge is 0.429 e. The summed E-state index contributed by atoms with van der Waals surface area (Å²) in [6, 6.07) is 1.70. The van der Waals surface area contributed by atoms with E-state index in [0.717, 1.165) is 12.1 Å². The average Bonchev–Trinajstić information content (AvgIpc) is 2.15. The van der Waals surface area contributed by atoms with Crippen LogP contribution in [0.5, 0.6) is 11.5 Å². The number of anilines is 1. The number of hydrogen-bond donors (Lipinski definition) is 1. The van der Waals surface area contributed by atoms with Crippen LogP contribution in [0.25, 0.3) is 0 Å². The van der Waals surface area contributed by atoms with E-state index in [4.69, 9.17) is 17.3 Å². The van der Waals surface area contributed by atoms with E-state index >= 15 is 0 Å². The van der Waals surface area contributed by atoms with Crippen molar-refractivity contribution in [3.05, 3.63) is 17.2 Å². The van der Waals surface area contributed by atoms with Crippen LogP contribution in [0.2, 0.25) is 5.02 Å². The van der Waals surface area contributed by atoms with Crippen LogP contribution in [0.4, 0.5) is 27.6 Å². The minimum absolute atomic E-state index is 0.211. The van der Waals surface area contributed by atoms with Crippen LogP contribution in [0.1, 0.15) is 0 Å². The molecule has 2 N–H and O–H groups in total. The zero-order chi connectivity index (χ0) is 13.2. The number of hydrogen-bond acceptors (Lipinski definition) is 3. The monoisotopic (exact) mass is 277 g/mol. The Bertz CT molecular complexity index is 410. The molecule has 96 valence electrons.